The number of carbonyl (C=O) groups is 2. The van der Waals surface area contributed by atoms with Crippen molar-refractivity contribution in [3.8, 4) is 11.5 Å². The number of rotatable bonds is 7. The summed E-state index contributed by atoms with van der Waals surface area (Å²) in [4.78, 5) is 22.8. The predicted molar refractivity (Wildman–Crippen MR) is 82.9 cm³/mol. The Morgan fingerprint density at radius 2 is 1.95 bits per heavy atom. The molecule has 0 aliphatic rings. The van der Waals surface area contributed by atoms with Crippen LogP contribution in [0.1, 0.15) is 31.1 Å². The van der Waals surface area contributed by atoms with Gasteiger partial charge in [0.1, 0.15) is 6.04 Å². The van der Waals surface area contributed by atoms with E-state index in [2.05, 4.69) is 5.32 Å². The Hall–Kier alpha value is -1.95. The highest BCUT2D eigenvalue weighted by Crippen LogP contribution is 2.36. The number of amides is 1. The average molecular weight is 330 g/mol. The Labute approximate surface area is 134 Å². The molecule has 1 aromatic carbocycles. The normalized spacial score (nSPS) is 11.9. The van der Waals surface area contributed by atoms with Crippen LogP contribution < -0.4 is 14.8 Å². The Morgan fingerprint density at radius 3 is 2.45 bits per heavy atom. The number of carboxylic acids is 1. The average Bonchev–Trinajstić information content (AvgIpc) is 2.44. The number of benzene rings is 1. The van der Waals surface area contributed by atoms with Crippen molar-refractivity contribution in [2.24, 2.45) is 5.92 Å². The highest BCUT2D eigenvalue weighted by molar-refractivity contribution is 6.32. The van der Waals surface area contributed by atoms with Crippen molar-refractivity contribution in [3.63, 3.8) is 0 Å². The molecule has 22 heavy (non-hydrogen) atoms. The van der Waals surface area contributed by atoms with Gasteiger partial charge in [-0.25, -0.2) is 0 Å². The van der Waals surface area contributed by atoms with Crippen LogP contribution in [0, 0.1) is 5.92 Å². The minimum absolute atomic E-state index is 0.201. The quantitative estimate of drug-likeness (QED) is 0.803. The number of aliphatic carboxylic acids is 1. The second-order valence-electron chi connectivity index (χ2n) is 5.23. The van der Waals surface area contributed by atoms with Crippen LogP contribution >= 0.6 is 11.6 Å². The molecule has 0 aliphatic carbocycles. The molecule has 0 unspecified atom stereocenters. The summed E-state index contributed by atoms with van der Waals surface area (Å²) < 4.78 is 10.8. The van der Waals surface area contributed by atoms with Crippen molar-refractivity contribution in [2.75, 3.05) is 13.7 Å². The molecule has 0 aromatic heterocycles. The second kappa shape index (κ2) is 7.89. The fourth-order valence-electron chi connectivity index (χ4n) is 1.58. The number of hydrogen-bond donors (Lipinski definition) is 2. The molecule has 0 saturated carbocycles. The lowest BCUT2D eigenvalue weighted by molar-refractivity contribution is -0.138. The fraction of sp³-hybridized carbons (Fsp3) is 0.467. The number of methoxy groups -OCH3 is 1. The SMILES string of the molecule is COc1cc(C(=O)N[C@H](C)C(=O)O)cc(Cl)c1OCC(C)C. The van der Waals surface area contributed by atoms with Crippen LogP contribution in [-0.4, -0.2) is 36.7 Å². The number of carboxylic acid groups (broad SMARTS) is 1. The van der Waals surface area contributed by atoms with E-state index in [1.165, 1.54) is 26.2 Å². The molecule has 2 N–H and O–H groups in total. The summed E-state index contributed by atoms with van der Waals surface area (Å²) in [6, 6.07) is 1.88. The van der Waals surface area contributed by atoms with Gasteiger partial charge in [0.25, 0.3) is 5.91 Å². The Kier molecular flexibility index (Phi) is 6.49. The van der Waals surface area contributed by atoms with E-state index in [4.69, 9.17) is 26.2 Å². The molecular weight excluding hydrogens is 310 g/mol. The molecule has 0 aliphatic heterocycles. The summed E-state index contributed by atoms with van der Waals surface area (Å²) >= 11 is 6.14. The van der Waals surface area contributed by atoms with E-state index in [0.717, 1.165) is 0 Å². The smallest absolute Gasteiger partial charge is 0.325 e. The topological polar surface area (TPSA) is 84.9 Å². The van der Waals surface area contributed by atoms with E-state index < -0.39 is 17.9 Å². The minimum Gasteiger partial charge on any atom is -0.493 e. The van der Waals surface area contributed by atoms with Crippen LogP contribution in [0.15, 0.2) is 12.1 Å². The van der Waals surface area contributed by atoms with Gasteiger partial charge < -0.3 is 19.9 Å². The molecule has 1 rings (SSSR count). The largest absolute Gasteiger partial charge is 0.493 e. The summed E-state index contributed by atoms with van der Waals surface area (Å²) in [6.07, 6.45) is 0. The molecule has 1 aromatic rings. The van der Waals surface area contributed by atoms with Gasteiger partial charge >= 0.3 is 5.97 Å². The third-order valence-electron chi connectivity index (χ3n) is 2.77. The van der Waals surface area contributed by atoms with E-state index in [-0.39, 0.29) is 10.6 Å². The molecule has 1 atom stereocenters. The van der Waals surface area contributed by atoms with Crippen LogP contribution in [0.2, 0.25) is 5.02 Å². The highest BCUT2D eigenvalue weighted by atomic mass is 35.5. The molecular formula is C15H20ClNO5. The zero-order valence-corrected chi connectivity index (χ0v) is 13.7. The molecule has 6 nitrogen and oxygen atoms in total. The van der Waals surface area contributed by atoms with Crippen molar-refractivity contribution in [1.29, 1.82) is 0 Å². The zero-order valence-electron chi connectivity index (χ0n) is 13.0. The van der Waals surface area contributed by atoms with Crippen LogP contribution in [0.4, 0.5) is 0 Å². The third-order valence-corrected chi connectivity index (χ3v) is 3.05. The molecule has 0 bridgehead atoms. The van der Waals surface area contributed by atoms with Crippen molar-refractivity contribution in [2.45, 2.75) is 26.8 Å². The van der Waals surface area contributed by atoms with Crippen LogP contribution in [0.25, 0.3) is 0 Å². The number of hydrogen-bond acceptors (Lipinski definition) is 4. The molecule has 1 amide bonds. The molecule has 7 heteroatoms. The summed E-state index contributed by atoms with van der Waals surface area (Å²) in [6.45, 7) is 5.82. The molecule has 0 radical (unpaired) electrons. The predicted octanol–water partition coefficient (Wildman–Crippen LogP) is 2.59. The lowest BCUT2D eigenvalue weighted by Crippen LogP contribution is -2.38. The molecule has 0 fully saturated rings. The highest BCUT2D eigenvalue weighted by Gasteiger charge is 2.19. The Bertz CT molecular complexity index is 559. The van der Waals surface area contributed by atoms with Gasteiger partial charge in [0.2, 0.25) is 0 Å². The Balaban J connectivity index is 3.02. The maximum atomic E-state index is 12.0. The molecule has 0 spiro atoms. The van der Waals surface area contributed by atoms with E-state index in [1.54, 1.807) is 0 Å². The van der Waals surface area contributed by atoms with Gasteiger partial charge in [-0.3, -0.25) is 9.59 Å². The van der Waals surface area contributed by atoms with E-state index in [0.29, 0.717) is 24.0 Å². The van der Waals surface area contributed by atoms with Crippen LogP contribution in [-0.2, 0) is 4.79 Å². The number of nitrogens with one attached hydrogen (secondary N) is 1. The maximum Gasteiger partial charge on any atom is 0.325 e. The fourth-order valence-corrected chi connectivity index (χ4v) is 1.85. The number of ether oxygens (including phenoxy) is 2. The zero-order chi connectivity index (χ0) is 16.9. The first kappa shape index (κ1) is 18.1. The van der Waals surface area contributed by atoms with Gasteiger partial charge in [0, 0.05) is 5.56 Å². The molecule has 122 valence electrons. The van der Waals surface area contributed by atoms with Gasteiger partial charge in [0.15, 0.2) is 11.5 Å². The third kappa shape index (κ3) is 4.80. The first-order valence-corrected chi connectivity index (χ1v) is 7.18. The monoisotopic (exact) mass is 329 g/mol. The van der Waals surface area contributed by atoms with Gasteiger partial charge in [-0.15, -0.1) is 0 Å². The summed E-state index contributed by atoms with van der Waals surface area (Å²) in [5, 5.41) is 11.4. The van der Waals surface area contributed by atoms with Crippen molar-refractivity contribution < 1.29 is 24.2 Å². The first-order chi connectivity index (χ1) is 10.3. The number of halogens is 1. The molecule has 0 heterocycles. The number of carbonyl (C=O) groups excluding carboxylic acids is 1. The van der Waals surface area contributed by atoms with Gasteiger partial charge in [0.05, 0.1) is 18.7 Å². The van der Waals surface area contributed by atoms with Crippen molar-refractivity contribution in [3.05, 3.63) is 22.7 Å². The molecule has 0 saturated heterocycles. The van der Waals surface area contributed by atoms with Crippen molar-refractivity contribution in [1.82, 2.24) is 5.32 Å². The summed E-state index contributed by atoms with van der Waals surface area (Å²) in [5.74, 6) is -0.684. The first-order valence-electron chi connectivity index (χ1n) is 6.80. The van der Waals surface area contributed by atoms with Crippen LogP contribution in [0.5, 0.6) is 11.5 Å². The van der Waals surface area contributed by atoms with Gasteiger partial charge in [-0.05, 0) is 25.0 Å². The minimum atomic E-state index is -1.12. The summed E-state index contributed by atoms with van der Waals surface area (Å²) in [7, 11) is 1.44. The second-order valence-corrected chi connectivity index (χ2v) is 5.63. The maximum absolute atomic E-state index is 12.0. The van der Waals surface area contributed by atoms with Crippen molar-refractivity contribution >= 4 is 23.5 Å². The van der Waals surface area contributed by atoms with Crippen LogP contribution in [0.3, 0.4) is 0 Å². The van der Waals surface area contributed by atoms with E-state index >= 15 is 0 Å². The van der Waals surface area contributed by atoms with E-state index in [9.17, 15) is 9.59 Å². The standard InChI is InChI=1S/C15H20ClNO5/c1-8(2)7-22-13-11(16)5-10(6-12(13)21-4)14(18)17-9(3)15(19)20/h5-6,8-9H,7H2,1-4H3,(H,17,18)(H,19,20)/t9-/m1/s1. The summed E-state index contributed by atoms with van der Waals surface area (Å²) in [5.41, 5.74) is 0.201. The van der Waals surface area contributed by atoms with Gasteiger partial charge in [-0.1, -0.05) is 25.4 Å². The van der Waals surface area contributed by atoms with Gasteiger partial charge in [-0.2, -0.15) is 0 Å². The Morgan fingerprint density at radius 1 is 1.32 bits per heavy atom. The van der Waals surface area contributed by atoms with E-state index in [1.807, 2.05) is 13.8 Å². The lowest BCUT2D eigenvalue weighted by Gasteiger charge is -2.16. The lowest BCUT2D eigenvalue weighted by atomic mass is 10.1.